The van der Waals surface area contributed by atoms with Gasteiger partial charge in [-0.2, -0.15) is 0 Å². The Morgan fingerprint density at radius 1 is 1.25 bits per heavy atom. The van der Waals surface area contributed by atoms with Crippen LogP contribution in [0.2, 0.25) is 0 Å². The maximum atomic E-state index is 11.5. The molecular formula is C17H19N5O2. The molecule has 1 aliphatic carbocycles. The zero-order valence-electron chi connectivity index (χ0n) is 13.5. The summed E-state index contributed by atoms with van der Waals surface area (Å²) in [5, 5.41) is 3.48. The number of carbonyl (C=O) groups is 1. The number of hydrogen-bond donors (Lipinski definition) is 1. The van der Waals surface area contributed by atoms with Crippen LogP contribution < -0.4 is 5.32 Å². The number of nitrogens with one attached hydrogen (secondary N) is 1. The Morgan fingerprint density at radius 3 is 2.79 bits per heavy atom. The fourth-order valence-corrected chi connectivity index (χ4v) is 3.22. The van der Waals surface area contributed by atoms with E-state index in [-0.39, 0.29) is 12.1 Å². The van der Waals surface area contributed by atoms with Crippen molar-refractivity contribution in [3.8, 4) is 11.4 Å². The van der Waals surface area contributed by atoms with Crippen molar-refractivity contribution < 1.29 is 9.53 Å². The maximum absolute atomic E-state index is 11.5. The van der Waals surface area contributed by atoms with Crippen LogP contribution in [0, 0.1) is 0 Å². The molecule has 0 atom stereocenters. The van der Waals surface area contributed by atoms with Gasteiger partial charge in [-0.25, -0.2) is 14.8 Å². The number of aryl methyl sites for hydroxylation is 1. The molecule has 0 spiro atoms. The van der Waals surface area contributed by atoms with Crippen molar-refractivity contribution in [2.24, 2.45) is 0 Å². The first kappa shape index (κ1) is 14.9. The third-order valence-electron chi connectivity index (χ3n) is 4.53. The summed E-state index contributed by atoms with van der Waals surface area (Å²) in [4.78, 5) is 26.7. The largest absolute Gasteiger partial charge is 0.453 e. The first-order chi connectivity index (χ1) is 11.7. The smallest absolute Gasteiger partial charge is 0.409 e. The summed E-state index contributed by atoms with van der Waals surface area (Å²) in [7, 11) is 1.40. The number of ether oxygens (including phenoxy) is 1. The molecule has 1 aliphatic heterocycles. The van der Waals surface area contributed by atoms with Gasteiger partial charge in [-0.15, -0.1) is 0 Å². The summed E-state index contributed by atoms with van der Waals surface area (Å²) in [5.41, 5.74) is 3.31. The Morgan fingerprint density at radius 2 is 2.04 bits per heavy atom. The van der Waals surface area contributed by atoms with Crippen molar-refractivity contribution in [2.45, 2.75) is 25.3 Å². The van der Waals surface area contributed by atoms with Gasteiger partial charge in [-0.1, -0.05) is 0 Å². The Labute approximate surface area is 140 Å². The Hall–Kier alpha value is -2.70. The minimum Gasteiger partial charge on any atom is -0.453 e. The Balaban J connectivity index is 1.57. The van der Waals surface area contributed by atoms with Gasteiger partial charge in [0.2, 0.25) is 0 Å². The van der Waals surface area contributed by atoms with Crippen molar-refractivity contribution in [1.82, 2.24) is 19.9 Å². The fraction of sp³-hybridized carbons (Fsp3) is 0.412. The highest BCUT2D eigenvalue weighted by atomic mass is 16.5. The highest BCUT2D eigenvalue weighted by Crippen LogP contribution is 2.30. The number of likely N-dealkylation sites (tertiary alicyclic amines) is 1. The van der Waals surface area contributed by atoms with Gasteiger partial charge in [0.05, 0.1) is 13.2 Å². The molecule has 3 heterocycles. The van der Waals surface area contributed by atoms with Gasteiger partial charge >= 0.3 is 6.09 Å². The second-order valence-electron chi connectivity index (χ2n) is 6.13. The summed E-state index contributed by atoms with van der Waals surface area (Å²) < 4.78 is 4.73. The third-order valence-corrected chi connectivity index (χ3v) is 4.53. The number of aromatic nitrogens is 3. The van der Waals surface area contributed by atoms with Crippen molar-refractivity contribution in [3.63, 3.8) is 0 Å². The van der Waals surface area contributed by atoms with E-state index < -0.39 is 0 Å². The van der Waals surface area contributed by atoms with Gasteiger partial charge in [0.15, 0.2) is 5.82 Å². The van der Waals surface area contributed by atoms with Crippen molar-refractivity contribution in [1.29, 1.82) is 0 Å². The lowest BCUT2D eigenvalue weighted by Gasteiger charge is -2.38. The zero-order valence-corrected chi connectivity index (χ0v) is 13.5. The molecule has 0 saturated carbocycles. The van der Waals surface area contributed by atoms with Crippen LogP contribution in [0.25, 0.3) is 11.4 Å². The highest BCUT2D eigenvalue weighted by molar-refractivity contribution is 5.69. The maximum Gasteiger partial charge on any atom is 0.409 e. The Kier molecular flexibility index (Phi) is 3.76. The van der Waals surface area contributed by atoms with Crippen molar-refractivity contribution >= 4 is 11.9 Å². The number of pyridine rings is 1. The Bertz CT molecular complexity index is 759. The number of methoxy groups -OCH3 is 1. The average molecular weight is 325 g/mol. The predicted molar refractivity (Wildman–Crippen MR) is 88.7 cm³/mol. The van der Waals surface area contributed by atoms with Gasteiger partial charge in [0.25, 0.3) is 0 Å². The molecule has 0 radical (unpaired) electrons. The quantitative estimate of drug-likeness (QED) is 0.928. The molecule has 4 rings (SSSR count). The molecule has 124 valence electrons. The summed E-state index contributed by atoms with van der Waals surface area (Å²) in [6.45, 7) is 1.27. The molecule has 0 unspecified atom stereocenters. The molecule has 2 aliphatic rings. The van der Waals surface area contributed by atoms with Crippen LogP contribution in [0.5, 0.6) is 0 Å². The molecule has 24 heavy (non-hydrogen) atoms. The van der Waals surface area contributed by atoms with Gasteiger partial charge in [-0.3, -0.25) is 4.98 Å². The molecule has 7 heteroatoms. The summed E-state index contributed by atoms with van der Waals surface area (Å²) in [5.74, 6) is 1.63. The third kappa shape index (κ3) is 2.66. The van der Waals surface area contributed by atoms with E-state index >= 15 is 0 Å². The number of hydrogen-bond acceptors (Lipinski definition) is 6. The first-order valence-corrected chi connectivity index (χ1v) is 8.14. The molecule has 7 nitrogen and oxygen atoms in total. The van der Waals surface area contributed by atoms with Crippen LogP contribution in [0.4, 0.5) is 10.6 Å². The fourth-order valence-electron chi connectivity index (χ4n) is 3.22. The van der Waals surface area contributed by atoms with E-state index in [1.54, 1.807) is 17.3 Å². The molecule has 1 fully saturated rings. The van der Waals surface area contributed by atoms with E-state index in [2.05, 4.69) is 10.3 Å². The lowest BCUT2D eigenvalue weighted by molar-refractivity contribution is 0.0929. The summed E-state index contributed by atoms with van der Waals surface area (Å²) >= 11 is 0. The minimum atomic E-state index is -0.279. The lowest BCUT2D eigenvalue weighted by atomic mass is 10.1. The molecule has 0 bridgehead atoms. The monoisotopic (exact) mass is 325 g/mol. The second kappa shape index (κ2) is 6.07. The molecule has 0 aromatic carbocycles. The van der Waals surface area contributed by atoms with E-state index in [0.717, 1.165) is 42.2 Å². The van der Waals surface area contributed by atoms with Crippen molar-refractivity contribution in [2.75, 3.05) is 25.5 Å². The predicted octanol–water partition coefficient (Wildman–Crippen LogP) is 1.89. The standard InChI is InChI=1S/C17H19N5O2/c1-24-17(23)22-9-12(10-22)19-16-13-3-2-4-14(13)20-15(21-16)11-5-7-18-8-6-11/h5-8,12H,2-4,9-10H2,1H3,(H,19,20,21). The molecule has 1 amide bonds. The molecule has 1 saturated heterocycles. The van der Waals surface area contributed by atoms with Crippen LogP contribution in [0.15, 0.2) is 24.5 Å². The van der Waals surface area contributed by atoms with E-state index in [1.165, 1.54) is 12.7 Å². The zero-order chi connectivity index (χ0) is 16.5. The second-order valence-corrected chi connectivity index (χ2v) is 6.13. The van der Waals surface area contributed by atoms with Gasteiger partial charge in [0.1, 0.15) is 5.82 Å². The van der Waals surface area contributed by atoms with Crippen LogP contribution >= 0.6 is 0 Å². The first-order valence-electron chi connectivity index (χ1n) is 8.14. The normalized spacial score (nSPS) is 16.5. The van der Waals surface area contributed by atoms with Gasteiger partial charge in [0, 0.05) is 42.3 Å². The lowest BCUT2D eigenvalue weighted by Crippen LogP contribution is -2.57. The van der Waals surface area contributed by atoms with Crippen LogP contribution in [0.1, 0.15) is 17.7 Å². The minimum absolute atomic E-state index is 0.203. The SMILES string of the molecule is COC(=O)N1CC(Nc2nc(-c3ccncc3)nc3c2CCC3)C1. The number of anilines is 1. The van der Waals surface area contributed by atoms with Gasteiger partial charge < -0.3 is 15.0 Å². The van der Waals surface area contributed by atoms with E-state index in [0.29, 0.717) is 13.1 Å². The number of carbonyl (C=O) groups excluding carboxylic acids is 1. The van der Waals surface area contributed by atoms with Crippen LogP contribution in [-0.2, 0) is 17.6 Å². The molecule has 2 aromatic heterocycles. The van der Waals surface area contributed by atoms with Gasteiger partial charge in [-0.05, 0) is 31.4 Å². The number of nitrogens with zero attached hydrogens (tertiary/aromatic N) is 4. The van der Waals surface area contributed by atoms with E-state index in [9.17, 15) is 4.79 Å². The topological polar surface area (TPSA) is 80.2 Å². The average Bonchev–Trinajstić information content (AvgIpc) is 3.06. The molecular weight excluding hydrogens is 306 g/mol. The van der Waals surface area contributed by atoms with Crippen LogP contribution in [0.3, 0.4) is 0 Å². The van der Waals surface area contributed by atoms with Crippen LogP contribution in [-0.4, -0.2) is 52.2 Å². The number of amides is 1. The summed E-state index contributed by atoms with van der Waals surface area (Å²) in [6.07, 6.45) is 6.32. The summed E-state index contributed by atoms with van der Waals surface area (Å²) in [6, 6.07) is 4.04. The van der Waals surface area contributed by atoms with Crippen molar-refractivity contribution in [3.05, 3.63) is 35.8 Å². The highest BCUT2D eigenvalue weighted by Gasteiger charge is 2.32. The molecule has 1 N–H and O–H groups in total. The molecule has 2 aromatic rings. The number of fused-ring (bicyclic) bond motifs is 1. The van der Waals surface area contributed by atoms with E-state index in [1.807, 2.05) is 12.1 Å². The van der Waals surface area contributed by atoms with E-state index in [4.69, 9.17) is 14.7 Å². The number of rotatable bonds is 3.